The van der Waals surface area contributed by atoms with Crippen molar-refractivity contribution in [2.24, 2.45) is 33.9 Å². The molecule has 2 aliphatic heterocycles. The molecule has 15 heteroatoms. The molecule has 3 heterocycles. The van der Waals surface area contributed by atoms with E-state index in [-0.39, 0.29) is 31.4 Å². The highest BCUT2D eigenvalue weighted by atomic mass is 32.1. The number of hydrogen-bond acceptors (Lipinski definition) is 15. The summed E-state index contributed by atoms with van der Waals surface area (Å²) in [6, 6.07) is 10.6. The van der Waals surface area contributed by atoms with Crippen molar-refractivity contribution in [3.63, 3.8) is 0 Å². The van der Waals surface area contributed by atoms with Crippen LogP contribution in [0, 0.1) is 23.7 Å². The van der Waals surface area contributed by atoms with Gasteiger partial charge < -0.3 is 48.6 Å². The van der Waals surface area contributed by atoms with E-state index < -0.39 is 83.6 Å². The second kappa shape index (κ2) is 21.2. The third kappa shape index (κ3) is 11.6. The fraction of sp³-hybridized carbons (Fsp3) is 0.689. The SMILES string of the molecule is CC[C@H]1OC(=O)[C@H](C)[C@@H](OC(=O)Cc2ccc(OC)cc2)[C@H](C)[C@@H](OC2OC(C)CC(N(C)C)C2O)[C@](C)(OC)C[C@@H](C)/C(=N\N=C(/C)c2cccs2)[C@H](C)[C@@H](O)[C@]1(C)O. The Morgan fingerprint density at radius 3 is 2.27 bits per heavy atom. The summed E-state index contributed by atoms with van der Waals surface area (Å²) in [5.74, 6) is -3.84. The predicted octanol–water partition coefficient (Wildman–Crippen LogP) is 5.67. The zero-order valence-corrected chi connectivity index (χ0v) is 38.5. The Kier molecular flexibility index (Phi) is 17.4. The lowest BCUT2D eigenvalue weighted by molar-refractivity contribution is -0.301. The maximum Gasteiger partial charge on any atom is 0.312 e. The highest BCUT2D eigenvalue weighted by molar-refractivity contribution is 7.12. The van der Waals surface area contributed by atoms with Gasteiger partial charge in [0.2, 0.25) is 0 Å². The van der Waals surface area contributed by atoms with Crippen molar-refractivity contribution in [2.45, 2.75) is 148 Å². The summed E-state index contributed by atoms with van der Waals surface area (Å²) in [6.45, 7) is 16.0. The molecule has 1 aromatic heterocycles. The van der Waals surface area contributed by atoms with E-state index in [0.717, 1.165) is 4.88 Å². The fourth-order valence-electron chi connectivity index (χ4n) is 8.75. The summed E-state index contributed by atoms with van der Waals surface area (Å²) >= 11 is 1.52. The standard InChI is InChI=1S/C45H69N3O11S/c1-14-35-45(9,53)40(51)27(4)37(47-46-30(7)34-16-15-21-60-34)25(2)24-44(8,55-13)41(59-43-38(50)33(48(10)11)22-26(3)56-43)28(5)39(29(6)42(52)57-35)58-36(49)23-31-17-19-32(54-12)20-18-31/h15-21,25-29,33,35,38-41,43,50-51,53H,14,22-24H2,1-13H3/b46-30+,47-37+/t25-,26?,27+,28+,29-,33?,35-,38?,39+,40-,41-,43?,44-,45-/m1/s1. The normalized spacial score (nSPS) is 37.0. The molecule has 3 N–H and O–H groups in total. The van der Waals surface area contributed by atoms with Crippen LogP contribution < -0.4 is 4.74 Å². The number of aliphatic hydroxyl groups excluding tert-OH is 2. The number of ether oxygens (including phenoxy) is 6. The van der Waals surface area contributed by atoms with Crippen LogP contribution in [0.15, 0.2) is 52.0 Å². The molecule has 2 aromatic rings. The molecule has 0 radical (unpaired) electrons. The van der Waals surface area contributed by atoms with Crippen LogP contribution in [-0.2, 0) is 39.7 Å². The minimum atomic E-state index is -1.93. The monoisotopic (exact) mass is 859 g/mol. The summed E-state index contributed by atoms with van der Waals surface area (Å²) < 4.78 is 37.3. The van der Waals surface area contributed by atoms with Gasteiger partial charge in [-0.25, -0.2) is 0 Å². The van der Waals surface area contributed by atoms with E-state index in [4.69, 9.17) is 33.5 Å². The highest BCUT2D eigenvalue weighted by Crippen LogP contribution is 2.40. The van der Waals surface area contributed by atoms with Crippen LogP contribution >= 0.6 is 11.3 Å². The number of methoxy groups -OCH3 is 2. The Morgan fingerprint density at radius 1 is 1.03 bits per heavy atom. The maximum atomic E-state index is 14.3. The van der Waals surface area contributed by atoms with E-state index in [9.17, 15) is 24.9 Å². The van der Waals surface area contributed by atoms with Crippen molar-refractivity contribution >= 4 is 34.7 Å². The van der Waals surface area contributed by atoms with Gasteiger partial charge in [0.15, 0.2) is 6.29 Å². The number of benzene rings is 1. The van der Waals surface area contributed by atoms with Gasteiger partial charge in [0.1, 0.15) is 29.7 Å². The molecule has 0 bridgehead atoms. The quantitative estimate of drug-likeness (QED) is 0.144. The summed E-state index contributed by atoms with van der Waals surface area (Å²) in [5, 5.41) is 47.2. The van der Waals surface area contributed by atoms with Gasteiger partial charge in [-0.3, -0.25) is 9.59 Å². The van der Waals surface area contributed by atoms with E-state index >= 15 is 0 Å². The molecule has 4 unspecified atom stereocenters. The maximum absolute atomic E-state index is 14.3. The summed E-state index contributed by atoms with van der Waals surface area (Å²) in [4.78, 5) is 31.1. The van der Waals surface area contributed by atoms with Crippen LogP contribution in [-0.4, -0.2) is 132 Å². The van der Waals surface area contributed by atoms with Gasteiger partial charge in [-0.1, -0.05) is 45.9 Å². The first-order valence-corrected chi connectivity index (χ1v) is 21.9. The van der Waals surface area contributed by atoms with Gasteiger partial charge in [0.25, 0.3) is 0 Å². The summed E-state index contributed by atoms with van der Waals surface area (Å²) in [6.07, 6.45) is -6.38. The Labute approximate surface area is 360 Å². The number of hydrogen-bond donors (Lipinski definition) is 3. The van der Waals surface area contributed by atoms with Crippen LogP contribution in [0.2, 0.25) is 0 Å². The molecule has 4 rings (SSSR count). The molecule has 1 aromatic carbocycles. The molecule has 0 amide bonds. The second-order valence-corrected chi connectivity index (χ2v) is 18.3. The minimum absolute atomic E-state index is 0.104. The Hall–Kier alpha value is -3.28. The lowest BCUT2D eigenvalue weighted by atomic mass is 9.73. The zero-order valence-electron chi connectivity index (χ0n) is 37.7. The molecular weight excluding hydrogens is 791 g/mol. The van der Waals surface area contributed by atoms with E-state index in [2.05, 4.69) is 5.10 Å². The summed E-state index contributed by atoms with van der Waals surface area (Å²) in [7, 11) is 6.89. The number of carbonyl (C=O) groups is 2. The molecule has 2 fully saturated rings. The lowest BCUT2D eigenvalue weighted by Crippen LogP contribution is -2.60. The van der Waals surface area contributed by atoms with Crippen LogP contribution in [0.3, 0.4) is 0 Å². The van der Waals surface area contributed by atoms with E-state index in [1.165, 1.54) is 18.3 Å². The molecule has 14 atom stereocenters. The molecule has 336 valence electrons. The first-order valence-electron chi connectivity index (χ1n) is 21.0. The van der Waals surface area contributed by atoms with E-state index in [0.29, 0.717) is 29.2 Å². The summed E-state index contributed by atoms with van der Waals surface area (Å²) in [5.41, 5.74) is -1.36. The number of rotatable bonds is 11. The second-order valence-electron chi connectivity index (χ2n) is 17.4. The number of carbonyl (C=O) groups excluding carboxylic acids is 2. The first kappa shape index (κ1) is 49.4. The lowest BCUT2D eigenvalue weighted by Gasteiger charge is -2.48. The van der Waals surface area contributed by atoms with Gasteiger partial charge in [0, 0.05) is 30.7 Å². The number of aliphatic hydroxyl groups is 3. The van der Waals surface area contributed by atoms with Crippen LogP contribution in [0.5, 0.6) is 5.75 Å². The van der Waals surface area contributed by atoms with Crippen LogP contribution in [0.1, 0.15) is 92.0 Å². The molecule has 2 saturated heterocycles. The minimum Gasteiger partial charge on any atom is -0.497 e. The fourth-order valence-corrected chi connectivity index (χ4v) is 9.42. The number of cyclic esters (lactones) is 1. The molecular formula is C45H69N3O11S. The van der Waals surface area contributed by atoms with E-state index in [1.807, 2.05) is 71.1 Å². The Balaban J connectivity index is 1.90. The van der Waals surface area contributed by atoms with Gasteiger partial charge in [-0.05, 0) is 103 Å². The number of esters is 2. The van der Waals surface area contributed by atoms with Crippen molar-refractivity contribution in [1.29, 1.82) is 0 Å². The third-order valence-corrected chi connectivity index (χ3v) is 13.5. The average molecular weight is 860 g/mol. The number of likely N-dealkylation sites (N-methyl/N-ethyl adjacent to an activating group) is 1. The van der Waals surface area contributed by atoms with E-state index in [1.54, 1.807) is 59.3 Å². The smallest absolute Gasteiger partial charge is 0.312 e. The van der Waals surface area contributed by atoms with Crippen molar-refractivity contribution in [3.8, 4) is 5.75 Å². The molecule has 0 aliphatic carbocycles. The van der Waals surface area contributed by atoms with Crippen molar-refractivity contribution < 1.29 is 53.3 Å². The average Bonchev–Trinajstić information content (AvgIpc) is 3.76. The van der Waals surface area contributed by atoms with Crippen molar-refractivity contribution in [2.75, 3.05) is 28.3 Å². The first-order chi connectivity index (χ1) is 28.2. The molecule has 2 aliphatic rings. The molecule has 60 heavy (non-hydrogen) atoms. The third-order valence-electron chi connectivity index (χ3n) is 12.5. The Morgan fingerprint density at radius 2 is 1.70 bits per heavy atom. The van der Waals surface area contributed by atoms with Gasteiger partial charge in [-0.15, -0.1) is 11.3 Å². The topological polar surface area (TPSA) is 178 Å². The van der Waals surface area contributed by atoms with Crippen LogP contribution in [0.25, 0.3) is 0 Å². The molecule has 0 saturated carbocycles. The van der Waals surface area contributed by atoms with Gasteiger partial charge in [0.05, 0.1) is 54.0 Å². The zero-order chi connectivity index (χ0) is 44.7. The van der Waals surface area contributed by atoms with Gasteiger partial charge in [-0.2, -0.15) is 10.2 Å². The molecule has 14 nitrogen and oxygen atoms in total. The van der Waals surface area contributed by atoms with Crippen molar-refractivity contribution in [1.82, 2.24) is 4.90 Å². The predicted molar refractivity (Wildman–Crippen MR) is 231 cm³/mol. The van der Waals surface area contributed by atoms with Gasteiger partial charge >= 0.3 is 11.9 Å². The largest absolute Gasteiger partial charge is 0.497 e. The highest BCUT2D eigenvalue weighted by Gasteiger charge is 2.52. The number of nitrogens with zero attached hydrogens (tertiary/aromatic N) is 3. The molecule has 0 spiro atoms. The van der Waals surface area contributed by atoms with Crippen LogP contribution in [0.4, 0.5) is 0 Å². The number of thiophene rings is 1. The Bertz CT molecular complexity index is 1750. The van der Waals surface area contributed by atoms with Crippen molar-refractivity contribution in [3.05, 3.63) is 52.2 Å².